The largest absolute Gasteiger partial charge is 0.349 e. The van der Waals surface area contributed by atoms with Gasteiger partial charge in [0, 0.05) is 68.4 Å². The summed E-state index contributed by atoms with van der Waals surface area (Å²) in [5.74, 6) is 1.03. The first-order valence-electron chi connectivity index (χ1n) is 13.0. The van der Waals surface area contributed by atoms with Crippen molar-refractivity contribution in [2.45, 2.75) is 50.6 Å². The number of nitrogens with one attached hydrogen (secondary N) is 1. The molecule has 0 aliphatic carbocycles. The molecule has 2 bridgehead atoms. The minimum atomic E-state index is -0.0732. The first-order chi connectivity index (χ1) is 17.0. The summed E-state index contributed by atoms with van der Waals surface area (Å²) in [5.41, 5.74) is 1.51. The quantitative estimate of drug-likeness (QED) is 0.724. The molecule has 0 radical (unpaired) electrons. The first kappa shape index (κ1) is 22.3. The van der Waals surface area contributed by atoms with Crippen molar-refractivity contribution in [1.82, 2.24) is 25.0 Å². The second kappa shape index (κ2) is 9.13. The van der Waals surface area contributed by atoms with Crippen LogP contribution in [0.2, 0.25) is 0 Å². The molecule has 4 saturated heterocycles. The van der Waals surface area contributed by atoms with Gasteiger partial charge in [-0.1, -0.05) is 6.07 Å². The number of benzene rings is 1. The lowest BCUT2D eigenvalue weighted by molar-refractivity contribution is -0.144. The molecule has 6 rings (SSSR count). The predicted molar refractivity (Wildman–Crippen MR) is 132 cm³/mol. The Morgan fingerprint density at radius 3 is 2.71 bits per heavy atom. The van der Waals surface area contributed by atoms with Crippen molar-refractivity contribution in [2.24, 2.45) is 11.8 Å². The Bertz CT molecular complexity index is 1140. The molecule has 0 spiro atoms. The van der Waals surface area contributed by atoms with E-state index < -0.39 is 0 Å². The number of nitrogens with zero attached hydrogens (tertiary/aromatic N) is 4. The number of pyridine rings is 1. The van der Waals surface area contributed by atoms with Crippen molar-refractivity contribution in [2.75, 3.05) is 32.7 Å². The number of carbonyl (C=O) groups excluding carboxylic acids is 3. The monoisotopic (exact) mass is 475 g/mol. The predicted octanol–water partition coefficient (Wildman–Crippen LogP) is 2.88. The summed E-state index contributed by atoms with van der Waals surface area (Å²) in [4.78, 5) is 49.0. The molecule has 8 heteroatoms. The molecule has 1 N–H and O–H groups in total. The number of urea groups is 1. The Morgan fingerprint density at radius 1 is 1.00 bits per heavy atom. The number of fused-ring (bicyclic) bond motifs is 5. The van der Waals surface area contributed by atoms with E-state index >= 15 is 0 Å². The summed E-state index contributed by atoms with van der Waals surface area (Å²) in [5, 5.41) is 4.11. The topological polar surface area (TPSA) is 85.8 Å². The van der Waals surface area contributed by atoms with Gasteiger partial charge in [-0.25, -0.2) is 4.79 Å². The van der Waals surface area contributed by atoms with Crippen molar-refractivity contribution in [3.8, 4) is 0 Å². The molecule has 1 aromatic heterocycles. The normalized spacial score (nSPS) is 27.0. The van der Waals surface area contributed by atoms with Gasteiger partial charge in [-0.05, 0) is 68.2 Å². The maximum atomic E-state index is 13.4. The summed E-state index contributed by atoms with van der Waals surface area (Å²) < 4.78 is 0. The molecule has 2 aromatic rings. The third kappa shape index (κ3) is 4.34. The lowest BCUT2D eigenvalue weighted by atomic mass is 9.76. The van der Waals surface area contributed by atoms with Gasteiger partial charge in [0.2, 0.25) is 5.91 Å². The van der Waals surface area contributed by atoms with Gasteiger partial charge in [0.15, 0.2) is 0 Å². The highest BCUT2D eigenvalue weighted by Gasteiger charge is 2.45. The molecule has 4 amide bonds. The van der Waals surface area contributed by atoms with E-state index in [0.717, 1.165) is 62.6 Å². The number of piperidine rings is 4. The van der Waals surface area contributed by atoms with Gasteiger partial charge in [-0.2, -0.15) is 0 Å². The average Bonchev–Trinajstić information content (AvgIpc) is 2.89. The Labute approximate surface area is 205 Å². The van der Waals surface area contributed by atoms with Gasteiger partial charge in [0.1, 0.15) is 0 Å². The molecule has 8 nitrogen and oxygen atoms in total. The molecule has 5 heterocycles. The number of aromatic nitrogens is 1. The van der Waals surface area contributed by atoms with E-state index in [9.17, 15) is 14.4 Å². The maximum Gasteiger partial charge on any atom is 0.320 e. The molecule has 4 aliphatic rings. The van der Waals surface area contributed by atoms with Gasteiger partial charge in [-0.15, -0.1) is 0 Å². The molecule has 184 valence electrons. The van der Waals surface area contributed by atoms with Gasteiger partial charge in [0.05, 0.1) is 5.52 Å². The van der Waals surface area contributed by atoms with E-state index in [4.69, 9.17) is 0 Å². The van der Waals surface area contributed by atoms with Gasteiger partial charge in [0.25, 0.3) is 5.91 Å². The highest BCUT2D eigenvalue weighted by Crippen LogP contribution is 2.38. The summed E-state index contributed by atoms with van der Waals surface area (Å²) in [6.45, 7) is 3.63. The molecule has 1 aromatic carbocycles. The van der Waals surface area contributed by atoms with Crippen LogP contribution in [0.5, 0.6) is 0 Å². The van der Waals surface area contributed by atoms with E-state index in [0.29, 0.717) is 48.9 Å². The van der Waals surface area contributed by atoms with E-state index in [1.165, 1.54) is 0 Å². The van der Waals surface area contributed by atoms with Crippen molar-refractivity contribution < 1.29 is 14.4 Å². The number of rotatable bonds is 2. The van der Waals surface area contributed by atoms with Crippen LogP contribution in [0, 0.1) is 11.8 Å². The number of amides is 4. The van der Waals surface area contributed by atoms with Gasteiger partial charge in [-0.3, -0.25) is 14.6 Å². The fourth-order valence-electron chi connectivity index (χ4n) is 6.67. The van der Waals surface area contributed by atoms with Gasteiger partial charge >= 0.3 is 6.03 Å². The van der Waals surface area contributed by atoms with Crippen LogP contribution in [0.4, 0.5) is 4.79 Å². The maximum absolute atomic E-state index is 13.4. The van der Waals surface area contributed by atoms with E-state index in [1.54, 1.807) is 6.20 Å². The van der Waals surface area contributed by atoms with Crippen LogP contribution in [0.25, 0.3) is 10.9 Å². The van der Waals surface area contributed by atoms with Crippen molar-refractivity contribution in [3.05, 3.63) is 42.1 Å². The second-order valence-corrected chi connectivity index (χ2v) is 10.7. The fraction of sp³-hybridized carbons (Fsp3) is 0.556. The van der Waals surface area contributed by atoms with Crippen LogP contribution < -0.4 is 5.32 Å². The summed E-state index contributed by atoms with van der Waals surface area (Å²) in [6, 6.07) is 9.92. The Balaban J connectivity index is 1.03. The van der Waals surface area contributed by atoms with Crippen molar-refractivity contribution in [1.29, 1.82) is 0 Å². The number of carbonyl (C=O) groups is 3. The van der Waals surface area contributed by atoms with E-state index in [-0.39, 0.29) is 18.0 Å². The molecule has 35 heavy (non-hydrogen) atoms. The molecular formula is C27H33N5O3. The lowest BCUT2D eigenvalue weighted by Crippen LogP contribution is -2.62. The van der Waals surface area contributed by atoms with Crippen LogP contribution in [0.3, 0.4) is 0 Å². The molecule has 4 aliphatic heterocycles. The van der Waals surface area contributed by atoms with Crippen LogP contribution in [0.15, 0.2) is 36.5 Å². The zero-order valence-electron chi connectivity index (χ0n) is 20.1. The standard InChI is InChI=1S/C27H33N5O3/c33-25-5-1-4-24-21-13-18(16-32(24)25)15-31(17-21)27(35)30-11-8-22(9-12-30)29-26(34)20-6-7-23-19(14-20)3-2-10-28-23/h2-3,6-7,10,14,18,21-22,24H,1,4-5,8-9,11-13,15-17H2,(H,29,34)/t18?,21?,24-/m1/s1. The fourth-order valence-corrected chi connectivity index (χ4v) is 6.67. The third-order valence-corrected chi connectivity index (χ3v) is 8.42. The number of hydrogen-bond acceptors (Lipinski definition) is 4. The Morgan fingerprint density at radius 2 is 1.86 bits per heavy atom. The highest BCUT2D eigenvalue weighted by atomic mass is 16.2. The van der Waals surface area contributed by atoms with Crippen LogP contribution in [-0.2, 0) is 4.79 Å². The highest BCUT2D eigenvalue weighted by molar-refractivity contribution is 5.98. The van der Waals surface area contributed by atoms with E-state index in [2.05, 4.69) is 15.2 Å². The minimum Gasteiger partial charge on any atom is -0.349 e. The van der Waals surface area contributed by atoms with Crippen LogP contribution >= 0.6 is 0 Å². The lowest BCUT2D eigenvalue weighted by Gasteiger charge is -2.53. The summed E-state index contributed by atoms with van der Waals surface area (Å²) in [7, 11) is 0. The smallest absolute Gasteiger partial charge is 0.320 e. The SMILES string of the molecule is O=C(NC1CCN(C(=O)N2CC3CC(C2)[C@H]2CCCC(=O)N2C3)CC1)c1ccc2ncccc2c1. The van der Waals surface area contributed by atoms with Crippen molar-refractivity contribution in [3.63, 3.8) is 0 Å². The summed E-state index contributed by atoms with van der Waals surface area (Å²) in [6.07, 6.45) is 7.14. The van der Waals surface area contributed by atoms with Gasteiger partial charge < -0.3 is 20.0 Å². The molecule has 3 atom stereocenters. The molecule has 4 fully saturated rings. The first-order valence-corrected chi connectivity index (χ1v) is 13.0. The zero-order chi connectivity index (χ0) is 23.9. The minimum absolute atomic E-state index is 0.0682. The molecular weight excluding hydrogens is 442 g/mol. The second-order valence-electron chi connectivity index (χ2n) is 10.7. The Hall–Kier alpha value is -3.16. The van der Waals surface area contributed by atoms with E-state index in [1.807, 2.05) is 40.1 Å². The number of likely N-dealkylation sites (tertiary alicyclic amines) is 2. The van der Waals surface area contributed by atoms with Crippen molar-refractivity contribution >= 4 is 28.7 Å². The third-order valence-electron chi connectivity index (χ3n) is 8.42. The Kier molecular flexibility index (Phi) is 5.82. The average molecular weight is 476 g/mol. The van der Waals surface area contributed by atoms with Crippen LogP contribution in [0.1, 0.15) is 48.9 Å². The molecule has 2 unspecified atom stereocenters. The zero-order valence-corrected chi connectivity index (χ0v) is 20.1. The number of hydrogen-bond donors (Lipinski definition) is 1. The van der Waals surface area contributed by atoms with Crippen LogP contribution in [-0.4, -0.2) is 82.3 Å². The molecule has 0 saturated carbocycles. The summed E-state index contributed by atoms with van der Waals surface area (Å²) >= 11 is 0.